The Morgan fingerprint density at radius 3 is 2.18 bits per heavy atom. The molecule has 39 heavy (non-hydrogen) atoms. The van der Waals surface area contributed by atoms with Gasteiger partial charge in [0.25, 0.3) is 5.91 Å². The van der Waals surface area contributed by atoms with Gasteiger partial charge in [0.1, 0.15) is 13.1 Å². The van der Waals surface area contributed by atoms with E-state index in [9.17, 15) is 4.79 Å². The number of carbonyl (C=O) groups excluding carboxylic acids is 1. The van der Waals surface area contributed by atoms with Crippen LogP contribution in [0.4, 0.5) is 5.69 Å². The monoisotopic (exact) mass is 525 g/mol. The molecule has 5 nitrogen and oxygen atoms in total. The van der Waals surface area contributed by atoms with Gasteiger partial charge in [-0.3, -0.25) is 9.80 Å². The smallest absolute Gasteiger partial charge is 0.268 e. The summed E-state index contributed by atoms with van der Waals surface area (Å²) in [6, 6.07) is 12.6. The van der Waals surface area contributed by atoms with E-state index in [1.807, 2.05) is 18.2 Å². The Bertz CT molecular complexity index is 1430. The molecule has 0 unspecified atom stereocenters. The highest BCUT2D eigenvalue weighted by atomic mass is 16.2. The van der Waals surface area contributed by atoms with Crippen molar-refractivity contribution in [2.45, 2.75) is 60.8 Å². The minimum Gasteiger partial charge on any atom is -0.372 e. The molecule has 2 aliphatic rings. The summed E-state index contributed by atoms with van der Waals surface area (Å²) >= 11 is 0. The van der Waals surface area contributed by atoms with Gasteiger partial charge in [0.05, 0.1) is 0 Å². The number of allylic oxidation sites excluding steroid dienone is 5. The molecule has 206 valence electrons. The summed E-state index contributed by atoms with van der Waals surface area (Å²) in [5.74, 6) is 5.78. The van der Waals surface area contributed by atoms with Gasteiger partial charge in [-0.05, 0) is 105 Å². The van der Waals surface area contributed by atoms with Crippen molar-refractivity contribution in [2.75, 3.05) is 38.1 Å². The highest BCUT2D eigenvalue weighted by molar-refractivity contribution is 6.11. The van der Waals surface area contributed by atoms with Crippen molar-refractivity contribution >= 4 is 22.9 Å². The molecule has 2 N–H and O–H groups in total. The molecule has 2 aliphatic carbocycles. The first kappa shape index (κ1) is 28.6. The highest BCUT2D eigenvalue weighted by Crippen LogP contribution is 2.52. The van der Waals surface area contributed by atoms with Gasteiger partial charge in [-0.15, -0.1) is 0 Å². The molecule has 4 rings (SSSR count). The number of fused-ring (bicyclic) bond motifs is 2. The van der Waals surface area contributed by atoms with Crippen LogP contribution in [0.3, 0.4) is 0 Å². The number of carbonyl (C=O) groups is 1. The summed E-state index contributed by atoms with van der Waals surface area (Å²) in [7, 11) is 1.61. The molecular formula is C34H45N4O+. The van der Waals surface area contributed by atoms with Crippen LogP contribution in [-0.2, 0) is 5.41 Å². The zero-order valence-corrected chi connectivity index (χ0v) is 25.3. The van der Waals surface area contributed by atoms with Gasteiger partial charge >= 0.3 is 0 Å². The third kappa shape index (κ3) is 4.78. The Kier molecular flexibility index (Phi) is 8.04. The minimum atomic E-state index is -0.233. The molecular weight excluding hydrogens is 480 g/mol. The lowest BCUT2D eigenvalue weighted by Crippen LogP contribution is -2.35. The zero-order chi connectivity index (χ0) is 28.6. The Labute approximate surface area is 235 Å². The predicted molar refractivity (Wildman–Crippen MR) is 165 cm³/mol. The van der Waals surface area contributed by atoms with Crippen LogP contribution < -0.4 is 10.7 Å². The number of hydrazine groups is 1. The molecule has 0 bridgehead atoms. The lowest BCUT2D eigenvalue weighted by Gasteiger charge is -2.41. The average Bonchev–Trinajstić information content (AvgIpc) is 2.91. The van der Waals surface area contributed by atoms with Crippen molar-refractivity contribution in [3.05, 3.63) is 93.1 Å². The molecule has 0 spiro atoms. The Morgan fingerprint density at radius 2 is 1.59 bits per heavy atom. The van der Waals surface area contributed by atoms with E-state index in [4.69, 9.17) is 5.84 Å². The quantitative estimate of drug-likeness (QED) is 0.201. The third-order valence-electron chi connectivity index (χ3n) is 8.51. The number of hydrogen-bond donors (Lipinski definition) is 1. The maximum absolute atomic E-state index is 13.3. The number of hydrogen-bond acceptors (Lipinski definition) is 3. The number of nitrogens with two attached hydrogens (primary N) is 1. The van der Waals surface area contributed by atoms with Crippen LogP contribution in [0.2, 0.25) is 0 Å². The summed E-state index contributed by atoms with van der Waals surface area (Å²) in [6.45, 7) is 21.8. The van der Waals surface area contributed by atoms with E-state index in [0.717, 1.165) is 37.3 Å². The zero-order valence-electron chi connectivity index (χ0n) is 25.3. The van der Waals surface area contributed by atoms with E-state index >= 15 is 0 Å². The summed E-state index contributed by atoms with van der Waals surface area (Å²) in [6.07, 6.45) is 4.74. The van der Waals surface area contributed by atoms with Crippen LogP contribution in [-0.4, -0.2) is 54.4 Å². The van der Waals surface area contributed by atoms with Crippen molar-refractivity contribution in [2.24, 2.45) is 5.84 Å². The standard InChI is InChI=1S/C34H44N4O/c1-10-37(11-2)30-20-28-26(18-22(30)5)32(24-16-14-15-17-25(24)33(39)36(9)35)27-19-23(6)31(38(12-3)13-4)21-29(27)34(28,7)8/h14-21,35H,10-13H2,1-9H3/p+1. The predicted octanol–water partition coefficient (Wildman–Crippen LogP) is 6.26. The molecule has 2 aromatic carbocycles. The lowest BCUT2D eigenvalue weighted by molar-refractivity contribution is -0.519. The van der Waals surface area contributed by atoms with Crippen LogP contribution in [0, 0.1) is 6.92 Å². The minimum absolute atomic E-state index is 0.195. The van der Waals surface area contributed by atoms with Crippen LogP contribution in [0.5, 0.6) is 0 Å². The second-order valence-electron chi connectivity index (χ2n) is 11.2. The van der Waals surface area contributed by atoms with E-state index in [1.54, 1.807) is 7.05 Å². The van der Waals surface area contributed by atoms with E-state index in [-0.39, 0.29) is 11.3 Å². The first-order valence-electron chi connectivity index (χ1n) is 14.3. The summed E-state index contributed by atoms with van der Waals surface area (Å²) in [5, 5.41) is 1.18. The molecule has 0 heterocycles. The topological polar surface area (TPSA) is 52.6 Å². The van der Waals surface area contributed by atoms with Crippen molar-refractivity contribution in [1.82, 2.24) is 5.01 Å². The molecule has 0 radical (unpaired) electrons. The number of benzene rings is 2. The maximum Gasteiger partial charge on any atom is 0.268 e. The first-order valence-corrected chi connectivity index (χ1v) is 14.3. The fourth-order valence-electron chi connectivity index (χ4n) is 6.31. The van der Waals surface area contributed by atoms with Gasteiger partial charge in [-0.25, -0.2) is 10.4 Å². The SMILES string of the molecule is CCN(CC)c1cc2c(cc1C)C(c1ccccc1C(=O)N(C)N)=C1C=C(C)C(=[N+](CC)CC)C=C1C2(C)C. The van der Waals surface area contributed by atoms with Crippen LogP contribution in [0.15, 0.2) is 65.3 Å². The molecule has 5 heteroatoms. The maximum atomic E-state index is 13.3. The molecule has 0 saturated heterocycles. The summed E-state index contributed by atoms with van der Waals surface area (Å²) in [4.78, 5) is 15.7. The molecule has 1 amide bonds. The molecule has 0 saturated carbocycles. The number of rotatable bonds is 7. The highest BCUT2D eigenvalue weighted by Gasteiger charge is 2.41. The second kappa shape index (κ2) is 11.0. The molecule has 0 aliphatic heterocycles. The van der Waals surface area contributed by atoms with Crippen molar-refractivity contribution in [1.29, 1.82) is 0 Å². The Balaban J connectivity index is 2.17. The summed E-state index contributed by atoms with van der Waals surface area (Å²) < 4.78 is 2.43. The summed E-state index contributed by atoms with van der Waals surface area (Å²) in [5.41, 5.74) is 12.4. The van der Waals surface area contributed by atoms with E-state index in [1.165, 1.54) is 49.8 Å². The first-order chi connectivity index (χ1) is 18.5. The van der Waals surface area contributed by atoms with Crippen LogP contribution >= 0.6 is 0 Å². The number of aryl methyl sites for hydroxylation is 1. The largest absolute Gasteiger partial charge is 0.372 e. The molecule has 0 fully saturated rings. The number of nitrogens with zero attached hydrogens (tertiary/aromatic N) is 3. The fourth-order valence-corrected chi connectivity index (χ4v) is 6.31. The van der Waals surface area contributed by atoms with Gasteiger partial charge in [0, 0.05) is 48.5 Å². The van der Waals surface area contributed by atoms with Crippen LogP contribution in [0.1, 0.15) is 81.1 Å². The third-order valence-corrected chi connectivity index (χ3v) is 8.51. The van der Waals surface area contributed by atoms with E-state index in [0.29, 0.717) is 5.56 Å². The van der Waals surface area contributed by atoms with Gasteiger partial charge in [0.2, 0.25) is 5.71 Å². The lowest BCUT2D eigenvalue weighted by atomic mass is 9.63. The van der Waals surface area contributed by atoms with E-state index in [2.05, 4.69) is 95.2 Å². The van der Waals surface area contributed by atoms with E-state index < -0.39 is 0 Å². The number of anilines is 1. The van der Waals surface area contributed by atoms with Crippen LogP contribution in [0.25, 0.3) is 5.57 Å². The molecule has 0 aromatic heterocycles. The van der Waals surface area contributed by atoms with Crippen molar-refractivity contribution in [3.8, 4) is 0 Å². The Hall–Kier alpha value is -3.44. The molecule has 0 atom stereocenters. The van der Waals surface area contributed by atoms with Crippen molar-refractivity contribution < 1.29 is 9.37 Å². The molecule has 2 aromatic rings. The Morgan fingerprint density at radius 1 is 0.949 bits per heavy atom. The fraction of sp³-hybridized carbons (Fsp3) is 0.412. The van der Waals surface area contributed by atoms with Crippen molar-refractivity contribution in [3.63, 3.8) is 0 Å². The van der Waals surface area contributed by atoms with Gasteiger partial charge in [-0.1, -0.05) is 32.0 Å². The van der Waals surface area contributed by atoms with Gasteiger partial charge in [0.15, 0.2) is 0 Å². The van der Waals surface area contributed by atoms with Gasteiger partial charge < -0.3 is 4.90 Å². The van der Waals surface area contributed by atoms with Gasteiger partial charge in [-0.2, -0.15) is 0 Å². The average molecular weight is 526 g/mol. The second-order valence-corrected chi connectivity index (χ2v) is 11.2. The number of amides is 1. The normalized spacial score (nSPS) is 15.8.